The Balaban J connectivity index is 2.43. The van der Waals surface area contributed by atoms with Gasteiger partial charge in [0.1, 0.15) is 0 Å². The first-order valence-corrected chi connectivity index (χ1v) is 6.16. The van der Waals surface area contributed by atoms with E-state index in [1.54, 1.807) is 7.11 Å². The van der Waals surface area contributed by atoms with Crippen LogP contribution in [0.4, 0.5) is 0 Å². The van der Waals surface area contributed by atoms with E-state index >= 15 is 0 Å². The van der Waals surface area contributed by atoms with Gasteiger partial charge in [0.05, 0.1) is 5.60 Å². The zero-order valence-corrected chi connectivity index (χ0v) is 11.0. The van der Waals surface area contributed by atoms with Crippen molar-refractivity contribution in [2.45, 2.75) is 65.0 Å². The van der Waals surface area contributed by atoms with E-state index < -0.39 is 0 Å². The molecule has 1 fully saturated rings. The second kappa shape index (κ2) is 4.84. The third-order valence-electron chi connectivity index (χ3n) is 3.83. The maximum absolute atomic E-state index is 5.43. The van der Waals surface area contributed by atoms with Gasteiger partial charge < -0.3 is 10.1 Å². The minimum Gasteiger partial charge on any atom is -0.377 e. The lowest BCUT2D eigenvalue weighted by Gasteiger charge is -2.40. The summed E-state index contributed by atoms with van der Waals surface area (Å²) in [5, 5.41) is 3.68. The molecule has 2 heteroatoms. The number of rotatable bonds is 4. The van der Waals surface area contributed by atoms with E-state index in [9.17, 15) is 0 Å². The van der Waals surface area contributed by atoms with Gasteiger partial charge in [-0.2, -0.15) is 0 Å². The molecule has 0 radical (unpaired) electrons. The van der Waals surface area contributed by atoms with E-state index in [2.05, 4.69) is 33.0 Å². The zero-order chi connectivity index (χ0) is 11.5. The average molecular weight is 213 g/mol. The molecule has 15 heavy (non-hydrogen) atoms. The molecule has 0 heterocycles. The predicted molar refractivity (Wildman–Crippen MR) is 65.1 cm³/mol. The van der Waals surface area contributed by atoms with Gasteiger partial charge in [-0.05, 0) is 32.1 Å². The molecule has 0 spiro atoms. The van der Waals surface area contributed by atoms with E-state index in [-0.39, 0.29) is 5.60 Å². The van der Waals surface area contributed by atoms with Crippen molar-refractivity contribution in [1.82, 2.24) is 5.32 Å². The standard InChI is InChI=1S/C13H27NO/c1-12(2)9-7-6-8-11(12)14-10-13(3,4)15-5/h11,14H,6-10H2,1-5H3. The minimum absolute atomic E-state index is 0.0481. The van der Waals surface area contributed by atoms with Gasteiger partial charge in [-0.3, -0.25) is 0 Å². The molecule has 1 atom stereocenters. The quantitative estimate of drug-likeness (QED) is 0.775. The summed E-state index contributed by atoms with van der Waals surface area (Å²) in [5.41, 5.74) is 0.398. The molecule has 0 aromatic rings. The Labute approximate surface area is 94.8 Å². The molecule has 0 saturated heterocycles. The fraction of sp³-hybridized carbons (Fsp3) is 1.00. The van der Waals surface area contributed by atoms with Gasteiger partial charge in [-0.1, -0.05) is 26.7 Å². The Morgan fingerprint density at radius 1 is 1.33 bits per heavy atom. The Morgan fingerprint density at radius 2 is 2.00 bits per heavy atom. The van der Waals surface area contributed by atoms with Crippen molar-refractivity contribution in [2.75, 3.05) is 13.7 Å². The summed E-state index contributed by atoms with van der Waals surface area (Å²) in [6, 6.07) is 0.653. The van der Waals surface area contributed by atoms with Gasteiger partial charge in [0, 0.05) is 19.7 Å². The molecule has 1 aliphatic rings. The van der Waals surface area contributed by atoms with Crippen LogP contribution in [-0.4, -0.2) is 25.3 Å². The van der Waals surface area contributed by atoms with Crippen molar-refractivity contribution < 1.29 is 4.74 Å². The third-order valence-corrected chi connectivity index (χ3v) is 3.83. The SMILES string of the molecule is COC(C)(C)CNC1CCCCC1(C)C. The first kappa shape index (κ1) is 13.0. The largest absolute Gasteiger partial charge is 0.377 e. The number of methoxy groups -OCH3 is 1. The van der Waals surface area contributed by atoms with E-state index in [0.717, 1.165) is 6.54 Å². The molecule has 1 saturated carbocycles. The second-order valence-electron chi connectivity index (χ2n) is 6.13. The van der Waals surface area contributed by atoms with Crippen molar-refractivity contribution >= 4 is 0 Å². The molecule has 0 aliphatic heterocycles. The normalized spacial score (nSPS) is 26.6. The summed E-state index contributed by atoms with van der Waals surface area (Å²) in [7, 11) is 1.79. The lowest BCUT2D eigenvalue weighted by Crippen LogP contribution is -2.49. The Hall–Kier alpha value is -0.0800. The fourth-order valence-electron chi connectivity index (χ4n) is 2.31. The molecule has 0 amide bonds. The van der Waals surface area contributed by atoms with Gasteiger partial charge >= 0.3 is 0 Å². The summed E-state index contributed by atoms with van der Waals surface area (Å²) in [4.78, 5) is 0. The predicted octanol–water partition coefficient (Wildman–Crippen LogP) is 2.97. The Bertz CT molecular complexity index is 199. The van der Waals surface area contributed by atoms with Crippen molar-refractivity contribution in [3.05, 3.63) is 0 Å². The van der Waals surface area contributed by atoms with Gasteiger partial charge in [0.15, 0.2) is 0 Å². The molecular formula is C13H27NO. The van der Waals surface area contributed by atoms with E-state index in [4.69, 9.17) is 4.74 Å². The van der Waals surface area contributed by atoms with Crippen LogP contribution in [0.15, 0.2) is 0 Å². The fourth-order valence-corrected chi connectivity index (χ4v) is 2.31. The maximum Gasteiger partial charge on any atom is 0.0746 e. The summed E-state index contributed by atoms with van der Waals surface area (Å²) in [5.74, 6) is 0. The summed E-state index contributed by atoms with van der Waals surface area (Å²) in [6.07, 6.45) is 5.41. The van der Waals surface area contributed by atoms with Crippen LogP contribution in [0, 0.1) is 5.41 Å². The molecule has 1 unspecified atom stereocenters. The average Bonchev–Trinajstić information content (AvgIpc) is 2.16. The third kappa shape index (κ3) is 3.76. The van der Waals surface area contributed by atoms with E-state index in [1.807, 2.05) is 0 Å². The first-order valence-electron chi connectivity index (χ1n) is 6.16. The van der Waals surface area contributed by atoms with Gasteiger partial charge in [-0.25, -0.2) is 0 Å². The highest BCUT2D eigenvalue weighted by molar-refractivity contribution is 4.89. The van der Waals surface area contributed by atoms with Crippen LogP contribution in [0.2, 0.25) is 0 Å². The topological polar surface area (TPSA) is 21.3 Å². The van der Waals surface area contributed by atoms with Gasteiger partial charge in [0.2, 0.25) is 0 Å². The van der Waals surface area contributed by atoms with Crippen molar-refractivity contribution in [2.24, 2.45) is 5.41 Å². The smallest absolute Gasteiger partial charge is 0.0746 e. The number of hydrogen-bond acceptors (Lipinski definition) is 2. The Kier molecular flexibility index (Phi) is 4.19. The lowest BCUT2D eigenvalue weighted by molar-refractivity contribution is 0.0142. The highest BCUT2D eigenvalue weighted by atomic mass is 16.5. The van der Waals surface area contributed by atoms with Crippen molar-refractivity contribution in [1.29, 1.82) is 0 Å². The van der Waals surface area contributed by atoms with Crippen LogP contribution < -0.4 is 5.32 Å². The van der Waals surface area contributed by atoms with Crippen molar-refractivity contribution in [3.63, 3.8) is 0 Å². The van der Waals surface area contributed by atoms with Crippen molar-refractivity contribution in [3.8, 4) is 0 Å². The summed E-state index contributed by atoms with van der Waals surface area (Å²) in [6.45, 7) is 9.97. The monoisotopic (exact) mass is 213 g/mol. The van der Waals surface area contributed by atoms with Crippen LogP contribution in [0.5, 0.6) is 0 Å². The highest BCUT2D eigenvalue weighted by Gasteiger charge is 2.32. The molecular weight excluding hydrogens is 186 g/mol. The van der Waals surface area contributed by atoms with Gasteiger partial charge in [0.25, 0.3) is 0 Å². The lowest BCUT2D eigenvalue weighted by atomic mass is 9.73. The molecule has 1 N–H and O–H groups in total. The molecule has 0 aromatic carbocycles. The molecule has 90 valence electrons. The molecule has 1 aliphatic carbocycles. The molecule has 2 nitrogen and oxygen atoms in total. The zero-order valence-electron chi connectivity index (χ0n) is 11.0. The second-order valence-corrected chi connectivity index (χ2v) is 6.13. The molecule has 0 aromatic heterocycles. The van der Waals surface area contributed by atoms with Gasteiger partial charge in [-0.15, -0.1) is 0 Å². The van der Waals surface area contributed by atoms with Crippen LogP contribution in [-0.2, 0) is 4.74 Å². The van der Waals surface area contributed by atoms with Crippen LogP contribution in [0.1, 0.15) is 53.4 Å². The number of nitrogens with one attached hydrogen (secondary N) is 1. The van der Waals surface area contributed by atoms with Crippen LogP contribution in [0.25, 0.3) is 0 Å². The van der Waals surface area contributed by atoms with Crippen LogP contribution >= 0.6 is 0 Å². The molecule has 1 rings (SSSR count). The number of ether oxygens (including phenoxy) is 1. The highest BCUT2D eigenvalue weighted by Crippen LogP contribution is 2.35. The molecule has 0 bridgehead atoms. The summed E-state index contributed by atoms with van der Waals surface area (Å²) < 4.78 is 5.43. The Morgan fingerprint density at radius 3 is 2.53 bits per heavy atom. The summed E-state index contributed by atoms with van der Waals surface area (Å²) >= 11 is 0. The number of hydrogen-bond donors (Lipinski definition) is 1. The first-order chi connectivity index (χ1) is 6.87. The minimum atomic E-state index is -0.0481. The maximum atomic E-state index is 5.43. The van der Waals surface area contributed by atoms with E-state index in [1.165, 1.54) is 25.7 Å². The van der Waals surface area contributed by atoms with E-state index in [0.29, 0.717) is 11.5 Å². The van der Waals surface area contributed by atoms with Crippen LogP contribution in [0.3, 0.4) is 0 Å².